The highest BCUT2D eigenvalue weighted by Crippen LogP contribution is 2.22. The quantitative estimate of drug-likeness (QED) is 0.749. The Kier molecular flexibility index (Phi) is 3.74. The molecule has 1 aromatic rings. The molecule has 92 valence electrons. The summed E-state index contributed by atoms with van der Waals surface area (Å²) in [6.45, 7) is 3.16. The first kappa shape index (κ1) is 12.0. The molecule has 0 bridgehead atoms. The summed E-state index contributed by atoms with van der Waals surface area (Å²) in [6.07, 6.45) is 3.71. The van der Waals surface area contributed by atoms with Crippen LogP contribution in [0.2, 0.25) is 0 Å². The van der Waals surface area contributed by atoms with Crippen LogP contribution in [-0.4, -0.2) is 37.1 Å². The summed E-state index contributed by atoms with van der Waals surface area (Å²) in [5.41, 5.74) is 0.696. The van der Waals surface area contributed by atoms with Crippen LogP contribution in [0.1, 0.15) is 30.1 Å². The molecule has 0 aliphatic carbocycles. The first-order chi connectivity index (χ1) is 8.20. The number of pyridine rings is 1. The van der Waals surface area contributed by atoms with E-state index in [-0.39, 0.29) is 5.78 Å². The predicted octanol–water partition coefficient (Wildman–Crippen LogP) is 1.90. The van der Waals surface area contributed by atoms with Gasteiger partial charge in [-0.1, -0.05) is 0 Å². The smallest absolute Gasteiger partial charge is 0.163 e. The van der Waals surface area contributed by atoms with Crippen LogP contribution in [0.5, 0.6) is 0 Å². The molecule has 1 aliphatic rings. The highest BCUT2D eigenvalue weighted by atomic mass is 16.5. The number of carbonyl (C=O) groups is 1. The summed E-state index contributed by atoms with van der Waals surface area (Å²) < 4.78 is 5.35. The number of hydrogen-bond acceptors (Lipinski definition) is 4. The molecule has 1 aromatic heterocycles. The minimum Gasteiger partial charge on any atom is -0.381 e. The molecule has 4 heteroatoms. The third-order valence-electron chi connectivity index (χ3n) is 3.24. The topological polar surface area (TPSA) is 42.4 Å². The van der Waals surface area contributed by atoms with Gasteiger partial charge in [-0.25, -0.2) is 4.98 Å². The third-order valence-corrected chi connectivity index (χ3v) is 3.24. The van der Waals surface area contributed by atoms with Crippen LogP contribution in [0.25, 0.3) is 0 Å². The van der Waals surface area contributed by atoms with Crippen LogP contribution < -0.4 is 4.90 Å². The van der Waals surface area contributed by atoms with E-state index in [1.54, 1.807) is 19.2 Å². The normalized spacial score (nSPS) is 16.8. The molecule has 0 radical (unpaired) electrons. The highest BCUT2D eigenvalue weighted by molar-refractivity contribution is 5.98. The van der Waals surface area contributed by atoms with Gasteiger partial charge >= 0.3 is 0 Å². The second kappa shape index (κ2) is 5.27. The molecule has 4 nitrogen and oxygen atoms in total. The minimum atomic E-state index is 0.0620. The zero-order valence-electron chi connectivity index (χ0n) is 10.3. The Morgan fingerprint density at radius 2 is 2.18 bits per heavy atom. The van der Waals surface area contributed by atoms with Crippen LogP contribution >= 0.6 is 0 Å². The van der Waals surface area contributed by atoms with Crippen molar-refractivity contribution in [3.63, 3.8) is 0 Å². The van der Waals surface area contributed by atoms with Crippen LogP contribution in [0.4, 0.5) is 5.82 Å². The number of aromatic nitrogens is 1. The standard InChI is InChI=1S/C13H18N2O2/c1-10(16)12-4-3-7-14-13(12)15(2)11-5-8-17-9-6-11/h3-4,7,11H,5-6,8-9H2,1-2H3. The van der Waals surface area contributed by atoms with Gasteiger partial charge in [-0.3, -0.25) is 4.79 Å². The molecule has 0 N–H and O–H groups in total. The number of ether oxygens (including phenoxy) is 1. The molecule has 1 aliphatic heterocycles. The molecule has 0 aromatic carbocycles. The molecule has 0 saturated carbocycles. The molecule has 1 saturated heterocycles. The number of nitrogens with zero attached hydrogens (tertiary/aromatic N) is 2. The van der Waals surface area contributed by atoms with E-state index in [0.717, 1.165) is 31.9 Å². The van der Waals surface area contributed by atoms with Crippen molar-refractivity contribution >= 4 is 11.6 Å². The van der Waals surface area contributed by atoms with Gasteiger partial charge in [-0.2, -0.15) is 0 Å². The third kappa shape index (κ3) is 2.64. The zero-order chi connectivity index (χ0) is 12.3. The SMILES string of the molecule is CC(=O)c1cccnc1N(C)C1CCOCC1. The molecule has 1 fully saturated rings. The van der Waals surface area contributed by atoms with E-state index in [0.29, 0.717) is 11.6 Å². The fraction of sp³-hybridized carbons (Fsp3) is 0.538. The fourth-order valence-electron chi connectivity index (χ4n) is 2.20. The Hall–Kier alpha value is -1.42. The van der Waals surface area contributed by atoms with Gasteiger partial charge in [0.2, 0.25) is 0 Å². The molecular formula is C13H18N2O2. The van der Waals surface area contributed by atoms with Crippen molar-refractivity contribution in [2.75, 3.05) is 25.2 Å². The summed E-state index contributed by atoms with van der Waals surface area (Å²) in [5.74, 6) is 0.846. The van der Waals surface area contributed by atoms with Crippen molar-refractivity contribution in [3.8, 4) is 0 Å². The predicted molar refractivity (Wildman–Crippen MR) is 66.5 cm³/mol. The zero-order valence-corrected chi connectivity index (χ0v) is 10.3. The van der Waals surface area contributed by atoms with Gasteiger partial charge in [-0.15, -0.1) is 0 Å². The van der Waals surface area contributed by atoms with Gasteiger partial charge in [-0.05, 0) is 31.9 Å². The molecule has 2 heterocycles. The summed E-state index contributed by atoms with van der Waals surface area (Å²) in [7, 11) is 2.00. The highest BCUT2D eigenvalue weighted by Gasteiger charge is 2.22. The molecule has 0 spiro atoms. The monoisotopic (exact) mass is 234 g/mol. The number of anilines is 1. The number of Topliss-reactive ketones (excluding diaryl/α,β-unsaturated/α-hetero) is 1. The maximum absolute atomic E-state index is 11.6. The number of ketones is 1. The van der Waals surface area contributed by atoms with E-state index < -0.39 is 0 Å². The van der Waals surface area contributed by atoms with Crippen LogP contribution in [0.15, 0.2) is 18.3 Å². The van der Waals surface area contributed by atoms with E-state index in [9.17, 15) is 4.79 Å². The Labute approximate surface area is 102 Å². The van der Waals surface area contributed by atoms with Crippen LogP contribution in [-0.2, 0) is 4.74 Å². The van der Waals surface area contributed by atoms with Crippen molar-refractivity contribution in [2.24, 2.45) is 0 Å². The second-order valence-corrected chi connectivity index (χ2v) is 4.39. The number of rotatable bonds is 3. The lowest BCUT2D eigenvalue weighted by molar-refractivity contribution is 0.0853. The summed E-state index contributed by atoms with van der Waals surface area (Å²) in [4.78, 5) is 18.0. The molecular weight excluding hydrogens is 216 g/mol. The lowest BCUT2D eigenvalue weighted by Gasteiger charge is -2.32. The summed E-state index contributed by atoms with van der Waals surface area (Å²) in [6, 6.07) is 4.05. The Morgan fingerprint density at radius 3 is 2.82 bits per heavy atom. The van der Waals surface area contributed by atoms with Crippen molar-refractivity contribution in [1.82, 2.24) is 4.98 Å². The molecule has 2 rings (SSSR count). The lowest BCUT2D eigenvalue weighted by Crippen LogP contribution is -2.37. The first-order valence-electron chi connectivity index (χ1n) is 5.96. The molecule has 0 unspecified atom stereocenters. The fourth-order valence-corrected chi connectivity index (χ4v) is 2.20. The van der Waals surface area contributed by atoms with E-state index >= 15 is 0 Å². The van der Waals surface area contributed by atoms with E-state index in [2.05, 4.69) is 9.88 Å². The molecule has 0 atom stereocenters. The van der Waals surface area contributed by atoms with E-state index in [4.69, 9.17) is 4.74 Å². The largest absolute Gasteiger partial charge is 0.381 e. The Balaban J connectivity index is 2.23. The van der Waals surface area contributed by atoms with Crippen molar-refractivity contribution < 1.29 is 9.53 Å². The van der Waals surface area contributed by atoms with Gasteiger partial charge in [0, 0.05) is 32.5 Å². The number of carbonyl (C=O) groups excluding carboxylic acids is 1. The van der Waals surface area contributed by atoms with Gasteiger partial charge < -0.3 is 9.64 Å². The molecule has 17 heavy (non-hydrogen) atoms. The molecule has 0 amide bonds. The maximum atomic E-state index is 11.6. The average Bonchev–Trinajstić information content (AvgIpc) is 2.39. The minimum absolute atomic E-state index is 0.0620. The van der Waals surface area contributed by atoms with Gasteiger partial charge in [0.25, 0.3) is 0 Å². The number of hydrogen-bond donors (Lipinski definition) is 0. The summed E-state index contributed by atoms with van der Waals surface area (Å²) >= 11 is 0. The van der Waals surface area contributed by atoms with Gasteiger partial charge in [0.15, 0.2) is 5.78 Å². The Bertz CT molecular complexity index is 400. The van der Waals surface area contributed by atoms with Gasteiger partial charge in [0.05, 0.1) is 5.56 Å². The van der Waals surface area contributed by atoms with Crippen molar-refractivity contribution in [3.05, 3.63) is 23.9 Å². The second-order valence-electron chi connectivity index (χ2n) is 4.39. The van der Waals surface area contributed by atoms with Crippen LogP contribution in [0, 0.1) is 0 Å². The maximum Gasteiger partial charge on any atom is 0.163 e. The van der Waals surface area contributed by atoms with Crippen LogP contribution in [0.3, 0.4) is 0 Å². The average molecular weight is 234 g/mol. The lowest BCUT2D eigenvalue weighted by atomic mass is 10.1. The van der Waals surface area contributed by atoms with Gasteiger partial charge in [0.1, 0.15) is 5.82 Å². The van der Waals surface area contributed by atoms with Crippen molar-refractivity contribution in [1.29, 1.82) is 0 Å². The summed E-state index contributed by atoms with van der Waals surface area (Å²) in [5, 5.41) is 0. The first-order valence-corrected chi connectivity index (χ1v) is 5.96. The van der Waals surface area contributed by atoms with Crippen molar-refractivity contribution in [2.45, 2.75) is 25.8 Å². The van der Waals surface area contributed by atoms with E-state index in [1.807, 2.05) is 13.1 Å². The van der Waals surface area contributed by atoms with E-state index in [1.165, 1.54) is 0 Å². The Morgan fingerprint density at radius 1 is 1.47 bits per heavy atom.